The first kappa shape index (κ1) is 23.8. The van der Waals surface area contributed by atoms with Gasteiger partial charge in [0.2, 0.25) is 5.78 Å². The number of aliphatic hydroxyl groups is 1. The Morgan fingerprint density at radius 2 is 1.91 bits per heavy atom. The standard InChI is InChI=1S/C26H30N2O6/c1-3-15-33-20-8-6-19(7-9-20)23-22(24(29)21-10-5-18(2)34-21)25(30)26(31)28(23)12-4-11-27-13-16-32-17-14-27/h3,5-10,23,30H,1,4,11-17H2,2H3/t23-/m0/s1. The summed E-state index contributed by atoms with van der Waals surface area (Å²) in [7, 11) is 0. The van der Waals surface area contributed by atoms with Crippen molar-refractivity contribution in [3.8, 4) is 5.75 Å². The van der Waals surface area contributed by atoms with E-state index in [1.165, 1.54) is 0 Å². The topological polar surface area (TPSA) is 92.5 Å². The number of ether oxygens (including phenoxy) is 2. The molecule has 34 heavy (non-hydrogen) atoms. The molecule has 3 heterocycles. The molecule has 2 aliphatic rings. The molecule has 2 aromatic rings. The number of nitrogens with zero attached hydrogens (tertiary/aromatic N) is 2. The van der Waals surface area contributed by atoms with Crippen LogP contribution in [-0.4, -0.2) is 72.6 Å². The molecular formula is C26H30N2O6. The Balaban J connectivity index is 1.60. The van der Waals surface area contributed by atoms with Crippen molar-refractivity contribution in [1.29, 1.82) is 0 Å². The summed E-state index contributed by atoms with van der Waals surface area (Å²) in [6, 6.07) is 9.71. The molecule has 1 amide bonds. The van der Waals surface area contributed by atoms with Crippen LogP contribution in [0.2, 0.25) is 0 Å². The second-order valence-electron chi connectivity index (χ2n) is 8.38. The van der Waals surface area contributed by atoms with Crippen LogP contribution < -0.4 is 4.74 Å². The molecule has 0 unspecified atom stereocenters. The van der Waals surface area contributed by atoms with Crippen LogP contribution in [0, 0.1) is 6.92 Å². The third-order valence-corrected chi connectivity index (χ3v) is 6.05. The van der Waals surface area contributed by atoms with Gasteiger partial charge in [-0.05, 0) is 43.2 Å². The van der Waals surface area contributed by atoms with E-state index in [1.54, 1.807) is 42.2 Å². The van der Waals surface area contributed by atoms with Crippen LogP contribution in [0.1, 0.15) is 34.3 Å². The lowest BCUT2D eigenvalue weighted by atomic mass is 9.95. The number of Topliss-reactive ketones (excluding diaryl/α,β-unsaturated/α-hetero) is 1. The van der Waals surface area contributed by atoms with Gasteiger partial charge in [-0.15, -0.1) is 0 Å². The van der Waals surface area contributed by atoms with Gasteiger partial charge in [0.1, 0.15) is 18.1 Å². The fourth-order valence-corrected chi connectivity index (χ4v) is 4.34. The van der Waals surface area contributed by atoms with Crippen LogP contribution in [0.15, 0.2) is 64.8 Å². The molecule has 8 nitrogen and oxygen atoms in total. The lowest BCUT2D eigenvalue weighted by molar-refractivity contribution is -0.129. The van der Waals surface area contributed by atoms with E-state index in [0.717, 1.165) is 19.6 Å². The average Bonchev–Trinajstić information content (AvgIpc) is 3.40. The number of carbonyl (C=O) groups is 2. The summed E-state index contributed by atoms with van der Waals surface area (Å²) < 4.78 is 16.5. The quantitative estimate of drug-likeness (QED) is 0.423. The molecule has 0 aliphatic carbocycles. The van der Waals surface area contributed by atoms with Gasteiger partial charge in [-0.3, -0.25) is 14.5 Å². The highest BCUT2D eigenvalue weighted by Gasteiger charge is 2.44. The van der Waals surface area contributed by atoms with Gasteiger partial charge in [-0.25, -0.2) is 0 Å². The molecule has 1 aromatic heterocycles. The number of amides is 1. The number of hydrogen-bond donors (Lipinski definition) is 1. The first-order chi connectivity index (χ1) is 16.5. The number of morpholine rings is 1. The van der Waals surface area contributed by atoms with E-state index in [1.807, 2.05) is 12.1 Å². The van der Waals surface area contributed by atoms with Gasteiger partial charge < -0.3 is 23.9 Å². The Morgan fingerprint density at radius 3 is 2.56 bits per heavy atom. The first-order valence-electron chi connectivity index (χ1n) is 11.5. The number of aryl methyl sites for hydroxylation is 1. The van der Waals surface area contributed by atoms with Crippen LogP contribution in [0.4, 0.5) is 0 Å². The number of furan rings is 1. The maximum absolute atomic E-state index is 13.3. The highest BCUT2D eigenvalue weighted by atomic mass is 16.5. The van der Waals surface area contributed by atoms with Crippen molar-refractivity contribution in [1.82, 2.24) is 9.80 Å². The summed E-state index contributed by atoms with van der Waals surface area (Å²) in [5, 5.41) is 10.8. The van der Waals surface area contributed by atoms with Crippen molar-refractivity contribution < 1.29 is 28.6 Å². The highest BCUT2D eigenvalue weighted by Crippen LogP contribution is 2.39. The van der Waals surface area contributed by atoms with Crippen LogP contribution in [0.3, 0.4) is 0 Å². The van der Waals surface area contributed by atoms with Crippen molar-refractivity contribution >= 4 is 11.7 Å². The maximum Gasteiger partial charge on any atom is 0.290 e. The molecule has 8 heteroatoms. The zero-order valence-corrected chi connectivity index (χ0v) is 19.4. The van der Waals surface area contributed by atoms with E-state index in [0.29, 0.717) is 49.9 Å². The van der Waals surface area contributed by atoms with Gasteiger partial charge in [0, 0.05) is 26.2 Å². The summed E-state index contributed by atoms with van der Waals surface area (Å²) in [5.41, 5.74) is 0.742. The van der Waals surface area contributed by atoms with Gasteiger partial charge in [-0.1, -0.05) is 24.8 Å². The van der Waals surface area contributed by atoms with E-state index >= 15 is 0 Å². The van der Waals surface area contributed by atoms with Gasteiger partial charge in [0.05, 0.1) is 24.8 Å². The number of hydrogen-bond acceptors (Lipinski definition) is 7. The zero-order valence-electron chi connectivity index (χ0n) is 19.4. The molecule has 1 saturated heterocycles. The Hall–Kier alpha value is -3.36. The molecule has 1 atom stereocenters. The van der Waals surface area contributed by atoms with Gasteiger partial charge in [0.15, 0.2) is 11.5 Å². The third kappa shape index (κ3) is 5.08. The fourth-order valence-electron chi connectivity index (χ4n) is 4.34. The number of ketones is 1. The minimum absolute atomic E-state index is 0.0329. The Kier molecular flexibility index (Phi) is 7.49. The van der Waals surface area contributed by atoms with Crippen molar-refractivity contribution in [3.05, 3.63) is 77.5 Å². The summed E-state index contributed by atoms with van der Waals surface area (Å²) >= 11 is 0. The predicted molar refractivity (Wildman–Crippen MR) is 126 cm³/mol. The largest absolute Gasteiger partial charge is 0.503 e. The van der Waals surface area contributed by atoms with Crippen molar-refractivity contribution in [2.45, 2.75) is 19.4 Å². The Labute approximate surface area is 199 Å². The van der Waals surface area contributed by atoms with Crippen LogP contribution in [-0.2, 0) is 9.53 Å². The third-order valence-electron chi connectivity index (χ3n) is 6.05. The van der Waals surface area contributed by atoms with Gasteiger partial charge in [0.25, 0.3) is 5.91 Å². The summed E-state index contributed by atoms with van der Waals surface area (Å²) in [6.45, 7) is 10.1. The SMILES string of the molecule is C=CCOc1ccc([C@H]2C(C(=O)c3ccc(C)o3)=C(O)C(=O)N2CCCN2CCOCC2)cc1. The molecule has 1 fully saturated rings. The molecule has 1 N–H and O–H groups in total. The summed E-state index contributed by atoms with van der Waals surface area (Å²) in [5.74, 6) is -0.248. The van der Waals surface area contributed by atoms with Gasteiger partial charge in [-0.2, -0.15) is 0 Å². The molecule has 0 radical (unpaired) electrons. The second kappa shape index (κ2) is 10.7. The molecule has 2 aliphatic heterocycles. The van der Waals surface area contributed by atoms with Crippen molar-refractivity contribution in [2.75, 3.05) is 46.0 Å². The molecular weight excluding hydrogens is 436 g/mol. The Bertz CT molecular complexity index is 1070. The predicted octanol–water partition coefficient (Wildman–Crippen LogP) is 3.45. The lowest BCUT2D eigenvalue weighted by Gasteiger charge is -2.30. The van der Waals surface area contributed by atoms with Gasteiger partial charge >= 0.3 is 0 Å². The van der Waals surface area contributed by atoms with Crippen LogP contribution >= 0.6 is 0 Å². The van der Waals surface area contributed by atoms with Crippen LogP contribution in [0.25, 0.3) is 0 Å². The number of benzene rings is 1. The van der Waals surface area contributed by atoms with Crippen molar-refractivity contribution in [3.63, 3.8) is 0 Å². The summed E-state index contributed by atoms with van der Waals surface area (Å²) in [6.07, 6.45) is 2.36. The van der Waals surface area contributed by atoms with E-state index in [4.69, 9.17) is 13.9 Å². The van der Waals surface area contributed by atoms with E-state index in [-0.39, 0.29) is 11.3 Å². The van der Waals surface area contributed by atoms with E-state index in [9.17, 15) is 14.7 Å². The van der Waals surface area contributed by atoms with Crippen molar-refractivity contribution in [2.24, 2.45) is 0 Å². The first-order valence-corrected chi connectivity index (χ1v) is 11.5. The summed E-state index contributed by atoms with van der Waals surface area (Å²) in [4.78, 5) is 30.3. The molecule has 0 bridgehead atoms. The number of carbonyl (C=O) groups excluding carboxylic acids is 2. The second-order valence-corrected chi connectivity index (χ2v) is 8.38. The average molecular weight is 467 g/mol. The Morgan fingerprint density at radius 1 is 1.18 bits per heavy atom. The molecule has 1 aromatic carbocycles. The van der Waals surface area contributed by atoms with E-state index < -0.39 is 23.5 Å². The maximum atomic E-state index is 13.3. The van der Waals surface area contributed by atoms with Crippen LogP contribution in [0.5, 0.6) is 5.75 Å². The number of rotatable bonds is 10. The normalized spacial score (nSPS) is 19.0. The number of aliphatic hydroxyl groups excluding tert-OH is 1. The minimum Gasteiger partial charge on any atom is -0.503 e. The fraction of sp³-hybridized carbons (Fsp3) is 0.385. The lowest BCUT2D eigenvalue weighted by Crippen LogP contribution is -2.39. The highest BCUT2D eigenvalue weighted by molar-refractivity contribution is 6.15. The zero-order chi connectivity index (χ0) is 24.1. The molecule has 0 saturated carbocycles. The van der Waals surface area contributed by atoms with E-state index in [2.05, 4.69) is 11.5 Å². The smallest absolute Gasteiger partial charge is 0.290 e. The molecule has 4 rings (SSSR count). The monoisotopic (exact) mass is 466 g/mol. The minimum atomic E-state index is -0.719. The molecule has 0 spiro atoms. The molecule has 180 valence electrons.